The second-order valence-corrected chi connectivity index (χ2v) is 6.04. The molecule has 0 saturated heterocycles. The Hall–Kier alpha value is -0.610. The number of aromatic nitrogens is 2. The highest BCUT2D eigenvalue weighted by Crippen LogP contribution is 2.25. The summed E-state index contributed by atoms with van der Waals surface area (Å²) in [4.78, 5) is 0. The molecule has 0 radical (unpaired) electrons. The number of hydrogen-bond acceptors (Lipinski definition) is 2. The molecule has 2 rings (SSSR count). The van der Waals surface area contributed by atoms with E-state index in [0.29, 0.717) is 0 Å². The number of halogens is 1. The molecule has 3 nitrogen and oxygen atoms in total. The van der Waals surface area contributed by atoms with Gasteiger partial charge in [0.25, 0.3) is 0 Å². The topological polar surface area (TPSA) is 43.8 Å². The summed E-state index contributed by atoms with van der Waals surface area (Å²) in [7, 11) is 1.99. The summed E-state index contributed by atoms with van der Waals surface area (Å²) in [5, 5.41) is 4.41. The Labute approximate surface area is 118 Å². The quantitative estimate of drug-likeness (QED) is 0.867. The Morgan fingerprint density at radius 2 is 2.22 bits per heavy atom. The molecule has 2 N–H and O–H groups in total. The molecular formula is C14H22BrN3. The van der Waals surface area contributed by atoms with Crippen LogP contribution < -0.4 is 5.73 Å². The third-order valence-electron chi connectivity index (χ3n) is 3.63. The molecule has 1 aromatic rings. The van der Waals surface area contributed by atoms with Crippen LogP contribution >= 0.6 is 15.9 Å². The molecule has 1 aromatic heterocycles. The SMILES string of the molecule is Cc1nn(C)c(CC(N)CC2=CCCCC2)c1Br. The third kappa shape index (κ3) is 3.23. The molecular weight excluding hydrogens is 290 g/mol. The number of aryl methyl sites for hydroxylation is 2. The zero-order chi connectivity index (χ0) is 13.1. The first-order chi connectivity index (χ1) is 8.58. The number of hydrogen-bond donors (Lipinski definition) is 1. The molecule has 4 heteroatoms. The Morgan fingerprint density at radius 1 is 1.44 bits per heavy atom. The first-order valence-electron chi connectivity index (χ1n) is 6.69. The van der Waals surface area contributed by atoms with Gasteiger partial charge >= 0.3 is 0 Å². The summed E-state index contributed by atoms with van der Waals surface area (Å²) in [5.74, 6) is 0. The second kappa shape index (κ2) is 6.02. The predicted molar refractivity (Wildman–Crippen MR) is 78.5 cm³/mol. The van der Waals surface area contributed by atoms with E-state index < -0.39 is 0 Å². The minimum Gasteiger partial charge on any atom is -0.327 e. The van der Waals surface area contributed by atoms with Gasteiger partial charge in [-0.1, -0.05) is 11.6 Å². The van der Waals surface area contributed by atoms with Gasteiger partial charge in [-0.3, -0.25) is 4.68 Å². The van der Waals surface area contributed by atoms with Gasteiger partial charge in [-0.05, 0) is 55.0 Å². The monoisotopic (exact) mass is 311 g/mol. The minimum absolute atomic E-state index is 0.195. The molecule has 1 unspecified atom stereocenters. The first-order valence-corrected chi connectivity index (χ1v) is 7.48. The molecule has 100 valence electrons. The van der Waals surface area contributed by atoms with Crippen molar-refractivity contribution in [2.24, 2.45) is 12.8 Å². The second-order valence-electron chi connectivity index (χ2n) is 5.25. The van der Waals surface area contributed by atoms with Crippen LogP contribution in [-0.2, 0) is 13.5 Å². The molecule has 0 aliphatic heterocycles. The van der Waals surface area contributed by atoms with Gasteiger partial charge < -0.3 is 5.73 Å². The van der Waals surface area contributed by atoms with Crippen LogP contribution in [0, 0.1) is 6.92 Å². The van der Waals surface area contributed by atoms with Crippen LogP contribution in [0.25, 0.3) is 0 Å². The van der Waals surface area contributed by atoms with Crippen LogP contribution in [0.15, 0.2) is 16.1 Å². The van der Waals surface area contributed by atoms with Crippen molar-refractivity contribution >= 4 is 15.9 Å². The van der Waals surface area contributed by atoms with Crippen molar-refractivity contribution in [1.82, 2.24) is 9.78 Å². The van der Waals surface area contributed by atoms with Crippen molar-refractivity contribution in [3.8, 4) is 0 Å². The van der Waals surface area contributed by atoms with Gasteiger partial charge in [-0.25, -0.2) is 0 Å². The standard InChI is InChI=1S/C14H22BrN3/c1-10-14(15)13(18(2)17-10)9-12(16)8-11-6-4-3-5-7-11/h6,12H,3-5,7-9,16H2,1-2H3. The van der Waals surface area contributed by atoms with E-state index in [0.717, 1.165) is 23.0 Å². The van der Waals surface area contributed by atoms with E-state index in [4.69, 9.17) is 5.73 Å². The lowest BCUT2D eigenvalue weighted by Crippen LogP contribution is -2.25. The zero-order valence-electron chi connectivity index (χ0n) is 11.2. The maximum atomic E-state index is 6.28. The molecule has 1 heterocycles. The minimum atomic E-state index is 0.195. The van der Waals surface area contributed by atoms with Gasteiger partial charge in [-0.2, -0.15) is 5.10 Å². The van der Waals surface area contributed by atoms with Gasteiger partial charge in [-0.15, -0.1) is 0 Å². The molecule has 0 fully saturated rings. The average molecular weight is 312 g/mol. The highest BCUT2D eigenvalue weighted by Gasteiger charge is 2.15. The summed E-state index contributed by atoms with van der Waals surface area (Å²) in [6.07, 6.45) is 9.42. The maximum Gasteiger partial charge on any atom is 0.0738 e. The fourth-order valence-electron chi connectivity index (χ4n) is 2.65. The van der Waals surface area contributed by atoms with Crippen LogP contribution in [0.2, 0.25) is 0 Å². The smallest absolute Gasteiger partial charge is 0.0738 e. The van der Waals surface area contributed by atoms with Crippen LogP contribution in [0.3, 0.4) is 0 Å². The van der Waals surface area contributed by atoms with Crippen LogP contribution in [0.5, 0.6) is 0 Å². The average Bonchev–Trinajstić information content (AvgIpc) is 2.57. The number of allylic oxidation sites excluding steroid dienone is 1. The lowest BCUT2D eigenvalue weighted by Gasteiger charge is -2.17. The Balaban J connectivity index is 1.98. The molecule has 0 aromatic carbocycles. The summed E-state index contributed by atoms with van der Waals surface area (Å²) >= 11 is 3.60. The van der Waals surface area contributed by atoms with Crippen molar-refractivity contribution in [1.29, 1.82) is 0 Å². The van der Waals surface area contributed by atoms with E-state index in [1.165, 1.54) is 31.4 Å². The van der Waals surface area contributed by atoms with Crippen LogP contribution in [0.1, 0.15) is 43.5 Å². The fourth-order valence-corrected chi connectivity index (χ4v) is 3.15. The van der Waals surface area contributed by atoms with Gasteiger partial charge in [0.05, 0.1) is 15.9 Å². The van der Waals surface area contributed by atoms with Crippen LogP contribution in [0.4, 0.5) is 0 Å². The van der Waals surface area contributed by atoms with Gasteiger partial charge in [0.2, 0.25) is 0 Å². The Morgan fingerprint density at radius 3 is 2.78 bits per heavy atom. The van der Waals surface area contributed by atoms with Crippen LogP contribution in [-0.4, -0.2) is 15.8 Å². The molecule has 1 aliphatic carbocycles. The first kappa shape index (κ1) is 13.8. The molecule has 18 heavy (non-hydrogen) atoms. The third-order valence-corrected chi connectivity index (χ3v) is 4.66. The van der Waals surface area contributed by atoms with E-state index in [1.807, 2.05) is 18.7 Å². The van der Waals surface area contributed by atoms with Crippen molar-refractivity contribution in [2.45, 2.75) is 51.5 Å². The van der Waals surface area contributed by atoms with E-state index >= 15 is 0 Å². The van der Waals surface area contributed by atoms with E-state index in [1.54, 1.807) is 5.57 Å². The maximum absolute atomic E-state index is 6.28. The summed E-state index contributed by atoms with van der Waals surface area (Å²) < 4.78 is 3.05. The largest absolute Gasteiger partial charge is 0.327 e. The molecule has 1 aliphatic rings. The molecule has 0 saturated carbocycles. The van der Waals surface area contributed by atoms with E-state index in [2.05, 4.69) is 27.1 Å². The van der Waals surface area contributed by atoms with Crippen molar-refractivity contribution in [3.63, 3.8) is 0 Å². The Bertz CT molecular complexity index is 448. The summed E-state index contributed by atoms with van der Waals surface area (Å²) in [6, 6.07) is 0.195. The lowest BCUT2D eigenvalue weighted by molar-refractivity contribution is 0.580. The van der Waals surface area contributed by atoms with Crippen molar-refractivity contribution < 1.29 is 0 Å². The fraction of sp³-hybridized carbons (Fsp3) is 0.643. The van der Waals surface area contributed by atoms with Crippen molar-refractivity contribution in [3.05, 3.63) is 27.5 Å². The van der Waals surface area contributed by atoms with E-state index in [-0.39, 0.29) is 6.04 Å². The van der Waals surface area contributed by atoms with Gasteiger partial charge in [0.1, 0.15) is 0 Å². The molecule has 1 atom stereocenters. The Kier molecular flexibility index (Phi) is 4.62. The summed E-state index contributed by atoms with van der Waals surface area (Å²) in [6.45, 7) is 2.02. The number of nitrogens with two attached hydrogens (primary N) is 1. The highest BCUT2D eigenvalue weighted by molar-refractivity contribution is 9.10. The lowest BCUT2D eigenvalue weighted by atomic mass is 9.93. The summed E-state index contributed by atoms with van der Waals surface area (Å²) in [5.41, 5.74) is 10.1. The highest BCUT2D eigenvalue weighted by atomic mass is 79.9. The van der Waals surface area contributed by atoms with Gasteiger partial charge in [0, 0.05) is 19.5 Å². The molecule has 0 amide bonds. The molecule has 0 spiro atoms. The zero-order valence-corrected chi connectivity index (χ0v) is 12.8. The van der Waals surface area contributed by atoms with E-state index in [9.17, 15) is 0 Å². The molecule has 0 bridgehead atoms. The van der Waals surface area contributed by atoms with Gasteiger partial charge in [0.15, 0.2) is 0 Å². The predicted octanol–water partition coefficient (Wildman–Crippen LogP) is 3.25. The number of nitrogens with zero attached hydrogens (tertiary/aromatic N) is 2. The normalized spacial score (nSPS) is 17.7. The number of rotatable bonds is 4. The van der Waals surface area contributed by atoms with Crippen molar-refractivity contribution in [2.75, 3.05) is 0 Å².